The molecule has 5 rings (SSSR count). The smallest absolute Gasteiger partial charge is 0.323 e. The lowest BCUT2D eigenvalue weighted by molar-refractivity contribution is -0.119. The number of nitrogens with one attached hydrogen (secondary N) is 2. The van der Waals surface area contributed by atoms with Gasteiger partial charge in [0.15, 0.2) is 0 Å². The van der Waals surface area contributed by atoms with Crippen LogP contribution in [0.5, 0.6) is 0 Å². The third-order valence-electron chi connectivity index (χ3n) is 6.42. The van der Waals surface area contributed by atoms with Gasteiger partial charge >= 0.3 is 6.03 Å². The van der Waals surface area contributed by atoms with Crippen LogP contribution in [0.25, 0.3) is 16.5 Å². The van der Waals surface area contributed by atoms with E-state index >= 15 is 4.39 Å². The molecule has 3 heterocycles. The molecule has 3 amide bonds. The van der Waals surface area contributed by atoms with E-state index in [-0.39, 0.29) is 36.1 Å². The van der Waals surface area contributed by atoms with Crippen molar-refractivity contribution in [2.24, 2.45) is 0 Å². The highest BCUT2D eigenvalue weighted by atomic mass is 35.5. The van der Waals surface area contributed by atoms with E-state index in [0.717, 1.165) is 5.39 Å². The lowest BCUT2D eigenvalue weighted by Gasteiger charge is -2.24. The maximum atomic E-state index is 15.1. The number of carbonyl (C=O) groups excluding carboxylic acids is 2. The van der Waals surface area contributed by atoms with Gasteiger partial charge in [0.05, 0.1) is 22.5 Å². The second kappa shape index (κ2) is 10.6. The fourth-order valence-corrected chi connectivity index (χ4v) is 4.55. The molecule has 1 fully saturated rings. The number of carbonyl (C=O) groups is 2. The van der Waals surface area contributed by atoms with Crippen LogP contribution in [0, 0.1) is 5.82 Å². The fraction of sp³-hybridized carbons (Fsp3) is 0.185. The third kappa shape index (κ3) is 5.09. The minimum Gasteiger partial charge on any atom is -0.380 e. The molecule has 0 radical (unpaired) electrons. The van der Waals surface area contributed by atoms with Crippen LogP contribution < -0.4 is 16.2 Å². The van der Waals surface area contributed by atoms with Gasteiger partial charge in [-0.05, 0) is 41.8 Å². The number of rotatable bonds is 5. The van der Waals surface area contributed by atoms with Crippen molar-refractivity contribution < 1.29 is 18.7 Å². The van der Waals surface area contributed by atoms with Crippen LogP contribution >= 0.6 is 11.6 Å². The van der Waals surface area contributed by atoms with Crippen molar-refractivity contribution in [2.75, 3.05) is 24.3 Å². The molecule has 0 saturated carbocycles. The summed E-state index contributed by atoms with van der Waals surface area (Å²) >= 11 is 5.84. The number of urea groups is 1. The first-order valence-corrected chi connectivity index (χ1v) is 12.1. The SMILES string of the molecule is CO[C@@H]1C[C@H](C(=O)Nc2ccc(-n3ccc4ccccc4c3=O)cc2F)N(C(=O)Nc2ccc(Cl)cn2)C1. The van der Waals surface area contributed by atoms with Crippen LogP contribution in [0.3, 0.4) is 0 Å². The van der Waals surface area contributed by atoms with Crippen molar-refractivity contribution in [1.82, 2.24) is 14.5 Å². The molecule has 38 heavy (non-hydrogen) atoms. The van der Waals surface area contributed by atoms with Gasteiger partial charge in [-0.3, -0.25) is 19.5 Å². The lowest BCUT2D eigenvalue weighted by Crippen LogP contribution is -2.45. The maximum absolute atomic E-state index is 15.1. The van der Waals surface area contributed by atoms with Crippen molar-refractivity contribution in [3.05, 3.63) is 94.3 Å². The Balaban J connectivity index is 1.34. The van der Waals surface area contributed by atoms with Gasteiger partial charge < -0.3 is 15.0 Å². The Morgan fingerprint density at radius 2 is 1.92 bits per heavy atom. The molecule has 4 aromatic rings. The summed E-state index contributed by atoms with van der Waals surface area (Å²) in [6.45, 7) is 0.167. The zero-order valence-electron chi connectivity index (χ0n) is 20.2. The molecule has 0 bridgehead atoms. The molecule has 0 spiro atoms. The largest absolute Gasteiger partial charge is 0.380 e. The van der Waals surface area contributed by atoms with Gasteiger partial charge in [-0.1, -0.05) is 29.8 Å². The molecule has 2 atom stereocenters. The van der Waals surface area contributed by atoms with Crippen LogP contribution in [0.2, 0.25) is 5.02 Å². The summed E-state index contributed by atoms with van der Waals surface area (Å²) in [7, 11) is 1.49. The quantitative estimate of drug-likeness (QED) is 0.393. The normalized spacial score (nSPS) is 17.0. The van der Waals surface area contributed by atoms with E-state index in [1.54, 1.807) is 30.5 Å². The van der Waals surface area contributed by atoms with Crippen molar-refractivity contribution in [3.63, 3.8) is 0 Å². The molecule has 1 saturated heterocycles. The minimum atomic E-state index is -0.908. The van der Waals surface area contributed by atoms with Crippen LogP contribution in [0.1, 0.15) is 6.42 Å². The van der Waals surface area contributed by atoms with Crippen molar-refractivity contribution in [1.29, 1.82) is 0 Å². The molecule has 0 unspecified atom stereocenters. The number of likely N-dealkylation sites (tertiary alicyclic amines) is 1. The highest BCUT2D eigenvalue weighted by Gasteiger charge is 2.40. The van der Waals surface area contributed by atoms with Gasteiger partial charge in [-0.2, -0.15) is 0 Å². The number of amides is 3. The Labute approximate surface area is 221 Å². The van der Waals surface area contributed by atoms with Crippen molar-refractivity contribution in [3.8, 4) is 5.69 Å². The van der Waals surface area contributed by atoms with Crippen LogP contribution in [0.15, 0.2) is 77.9 Å². The van der Waals surface area contributed by atoms with E-state index in [9.17, 15) is 14.4 Å². The summed E-state index contributed by atoms with van der Waals surface area (Å²) in [5.74, 6) is -1.03. The highest BCUT2D eigenvalue weighted by molar-refractivity contribution is 6.30. The van der Waals surface area contributed by atoms with E-state index in [4.69, 9.17) is 16.3 Å². The van der Waals surface area contributed by atoms with E-state index in [1.807, 2.05) is 12.1 Å². The summed E-state index contributed by atoms with van der Waals surface area (Å²) < 4.78 is 21.8. The topological polar surface area (TPSA) is 106 Å². The number of anilines is 2. The van der Waals surface area contributed by atoms with Crippen LogP contribution in [0.4, 0.5) is 20.7 Å². The summed E-state index contributed by atoms with van der Waals surface area (Å²) in [5, 5.41) is 6.91. The second-order valence-corrected chi connectivity index (χ2v) is 9.22. The summed E-state index contributed by atoms with van der Waals surface area (Å²) in [6, 6.07) is 14.7. The molecule has 2 aromatic heterocycles. The Kier molecular flexibility index (Phi) is 7.08. The standard InChI is InChI=1S/C27H23ClFN5O4/c1-38-19-13-23(34(15-19)27(37)32-24-9-6-17(28)14-30-24)25(35)31-22-8-7-18(12-21(22)29)33-11-10-16-4-2-3-5-20(16)26(33)36/h2-12,14,19,23H,13,15H2,1H3,(H,31,35)(H,30,32,37)/t19-,23-/m1/s1. The van der Waals surface area contributed by atoms with E-state index in [2.05, 4.69) is 15.6 Å². The van der Waals surface area contributed by atoms with Gasteiger partial charge in [0.2, 0.25) is 5.91 Å². The first kappa shape index (κ1) is 25.4. The first-order valence-electron chi connectivity index (χ1n) is 11.8. The van der Waals surface area contributed by atoms with Gasteiger partial charge in [0.1, 0.15) is 17.7 Å². The zero-order valence-corrected chi connectivity index (χ0v) is 21.0. The summed E-state index contributed by atoms with van der Waals surface area (Å²) in [4.78, 5) is 44.3. The second-order valence-electron chi connectivity index (χ2n) is 8.78. The molecule has 9 nitrogen and oxygen atoms in total. The summed E-state index contributed by atoms with van der Waals surface area (Å²) in [5.41, 5.74) is -0.0473. The number of methoxy groups -OCH3 is 1. The Morgan fingerprint density at radius 1 is 1.11 bits per heavy atom. The zero-order chi connectivity index (χ0) is 26.8. The Bertz CT molecular complexity index is 1580. The highest BCUT2D eigenvalue weighted by Crippen LogP contribution is 2.25. The van der Waals surface area contributed by atoms with E-state index in [0.29, 0.717) is 16.1 Å². The van der Waals surface area contributed by atoms with Gasteiger partial charge in [0, 0.05) is 43.9 Å². The Hall–Kier alpha value is -4.28. The molecule has 11 heteroatoms. The van der Waals surface area contributed by atoms with E-state index in [1.165, 1.54) is 47.0 Å². The number of nitrogens with zero attached hydrogens (tertiary/aromatic N) is 3. The number of hydrogen-bond acceptors (Lipinski definition) is 5. The molecular formula is C27H23ClFN5O4. The molecule has 2 aromatic carbocycles. The maximum Gasteiger partial charge on any atom is 0.323 e. The number of ether oxygens (including phenoxy) is 1. The number of pyridine rings is 2. The monoisotopic (exact) mass is 535 g/mol. The fourth-order valence-electron chi connectivity index (χ4n) is 4.44. The number of aromatic nitrogens is 2. The lowest BCUT2D eigenvalue weighted by atomic mass is 10.1. The minimum absolute atomic E-state index is 0.0758. The number of benzene rings is 2. The molecule has 0 aliphatic carbocycles. The van der Waals surface area contributed by atoms with Gasteiger partial charge in [0.25, 0.3) is 5.56 Å². The number of fused-ring (bicyclic) bond motifs is 1. The number of hydrogen-bond donors (Lipinski definition) is 2. The van der Waals surface area contributed by atoms with Crippen LogP contribution in [-0.4, -0.2) is 52.2 Å². The average molecular weight is 536 g/mol. The summed E-state index contributed by atoms with van der Waals surface area (Å²) in [6.07, 6.45) is 2.83. The third-order valence-corrected chi connectivity index (χ3v) is 6.65. The molecule has 2 N–H and O–H groups in total. The Morgan fingerprint density at radius 3 is 2.66 bits per heavy atom. The molecule has 1 aliphatic rings. The molecule has 1 aliphatic heterocycles. The molecular weight excluding hydrogens is 513 g/mol. The van der Waals surface area contributed by atoms with Crippen molar-refractivity contribution in [2.45, 2.75) is 18.6 Å². The average Bonchev–Trinajstić information content (AvgIpc) is 3.37. The van der Waals surface area contributed by atoms with E-state index < -0.39 is 23.8 Å². The van der Waals surface area contributed by atoms with Crippen molar-refractivity contribution >= 4 is 45.8 Å². The van der Waals surface area contributed by atoms with Crippen LogP contribution in [-0.2, 0) is 9.53 Å². The van der Waals surface area contributed by atoms with Gasteiger partial charge in [-0.25, -0.2) is 14.2 Å². The van der Waals surface area contributed by atoms with Gasteiger partial charge in [-0.15, -0.1) is 0 Å². The predicted octanol–water partition coefficient (Wildman–Crippen LogP) is 4.44. The number of halogens is 2. The predicted molar refractivity (Wildman–Crippen MR) is 142 cm³/mol. The first-order chi connectivity index (χ1) is 18.3. The molecule has 194 valence electrons.